The van der Waals surface area contributed by atoms with Crippen LogP contribution in [-0.2, 0) is 0 Å². The van der Waals surface area contributed by atoms with E-state index in [0.29, 0.717) is 50.6 Å². The van der Waals surface area contributed by atoms with Crippen LogP contribution in [0.25, 0.3) is 0 Å². The van der Waals surface area contributed by atoms with Gasteiger partial charge in [-0.3, -0.25) is 0 Å². The van der Waals surface area contributed by atoms with Gasteiger partial charge in [-0.05, 0) is 12.1 Å². The number of hydrogen-bond acceptors (Lipinski definition) is 6. The summed E-state index contributed by atoms with van der Waals surface area (Å²) in [5.41, 5.74) is 0.547. The predicted molar refractivity (Wildman–Crippen MR) is 101 cm³/mol. The summed E-state index contributed by atoms with van der Waals surface area (Å²) in [5, 5.41) is 15.3. The number of hydrogen-bond donors (Lipinski definition) is 2. The lowest BCUT2D eigenvalue weighted by Crippen LogP contribution is -2.53. The molecule has 2 atom stereocenters. The van der Waals surface area contributed by atoms with Crippen molar-refractivity contribution in [1.29, 1.82) is 5.26 Å². The lowest BCUT2D eigenvalue weighted by Gasteiger charge is -2.39. The van der Waals surface area contributed by atoms with Gasteiger partial charge in [0.1, 0.15) is 17.7 Å². The van der Waals surface area contributed by atoms with Gasteiger partial charge in [-0.25, -0.2) is 14.6 Å². The van der Waals surface area contributed by atoms with Crippen LogP contribution in [0.4, 0.5) is 21.2 Å². The third kappa shape index (κ3) is 2.66. The molecule has 4 saturated heterocycles. The topological polar surface area (TPSA) is 108 Å². The number of piperazine rings is 2. The molecule has 0 aromatic carbocycles. The maximum Gasteiger partial charge on any atom is 0.317 e. The molecule has 10 heteroatoms. The van der Waals surface area contributed by atoms with E-state index in [1.54, 1.807) is 0 Å². The molecule has 2 unspecified atom stereocenters. The van der Waals surface area contributed by atoms with Crippen LogP contribution >= 0.6 is 0 Å². The average Bonchev–Trinajstić information content (AvgIpc) is 3.29. The number of anilines is 2. The second-order valence-corrected chi connectivity index (χ2v) is 7.61. The number of nitrogens with zero attached hydrogens (tertiary/aromatic N) is 6. The summed E-state index contributed by atoms with van der Waals surface area (Å²) in [7, 11) is 0. The Labute approximate surface area is 162 Å². The van der Waals surface area contributed by atoms with E-state index in [4.69, 9.17) is 4.98 Å². The standard InChI is InChI=1S/C18H22N8O2/c19-7-12-1-2-15(23-3-5-25-13(10-23)8-20-17(25)27)22-16(12)24-4-6-26-14(11-24)9-21-18(26)28/h1-2,13-14H,3-6,8-11H2,(H,20,27)(H,21,28). The van der Waals surface area contributed by atoms with Crippen molar-refractivity contribution in [2.24, 2.45) is 0 Å². The number of rotatable bonds is 2. The Kier molecular flexibility index (Phi) is 3.89. The van der Waals surface area contributed by atoms with E-state index < -0.39 is 0 Å². The van der Waals surface area contributed by atoms with Gasteiger partial charge < -0.3 is 30.2 Å². The molecule has 0 saturated carbocycles. The number of pyridine rings is 1. The van der Waals surface area contributed by atoms with Crippen LogP contribution in [0, 0.1) is 11.3 Å². The van der Waals surface area contributed by atoms with Crippen molar-refractivity contribution in [2.75, 3.05) is 62.2 Å². The lowest BCUT2D eigenvalue weighted by atomic mass is 10.1. The van der Waals surface area contributed by atoms with Crippen LogP contribution in [0.15, 0.2) is 12.1 Å². The first kappa shape index (κ1) is 16.9. The number of carbonyl (C=O) groups is 2. The zero-order valence-electron chi connectivity index (χ0n) is 15.5. The molecule has 4 aliphatic rings. The molecule has 146 valence electrons. The molecular formula is C18H22N8O2. The molecule has 4 aliphatic heterocycles. The van der Waals surface area contributed by atoms with E-state index in [9.17, 15) is 14.9 Å². The largest absolute Gasteiger partial charge is 0.353 e. The van der Waals surface area contributed by atoms with Crippen molar-refractivity contribution < 1.29 is 9.59 Å². The molecule has 28 heavy (non-hydrogen) atoms. The second-order valence-electron chi connectivity index (χ2n) is 7.61. The van der Waals surface area contributed by atoms with E-state index >= 15 is 0 Å². The number of urea groups is 2. The van der Waals surface area contributed by atoms with E-state index in [0.717, 1.165) is 18.9 Å². The molecular weight excluding hydrogens is 360 g/mol. The van der Waals surface area contributed by atoms with E-state index in [-0.39, 0.29) is 24.1 Å². The minimum absolute atomic E-state index is 0.00976. The molecule has 0 bridgehead atoms. The number of fused-ring (bicyclic) bond motifs is 2. The highest BCUT2D eigenvalue weighted by Gasteiger charge is 2.38. The summed E-state index contributed by atoms with van der Waals surface area (Å²) in [6.07, 6.45) is 0. The normalized spacial score (nSPS) is 26.5. The second kappa shape index (κ2) is 6.44. The molecule has 4 amide bonds. The van der Waals surface area contributed by atoms with Crippen molar-refractivity contribution >= 4 is 23.7 Å². The lowest BCUT2D eigenvalue weighted by molar-refractivity contribution is 0.197. The Morgan fingerprint density at radius 2 is 1.54 bits per heavy atom. The van der Waals surface area contributed by atoms with Crippen molar-refractivity contribution in [2.45, 2.75) is 12.1 Å². The van der Waals surface area contributed by atoms with E-state index in [1.807, 2.05) is 21.9 Å². The molecule has 2 N–H and O–H groups in total. The molecule has 0 spiro atoms. The fourth-order valence-corrected chi connectivity index (χ4v) is 4.55. The van der Waals surface area contributed by atoms with Gasteiger partial charge in [0.05, 0.1) is 17.6 Å². The van der Waals surface area contributed by atoms with Gasteiger partial charge in [0.2, 0.25) is 0 Å². The summed E-state index contributed by atoms with van der Waals surface area (Å²) in [5.74, 6) is 1.51. The van der Waals surface area contributed by atoms with Gasteiger partial charge in [0.15, 0.2) is 0 Å². The summed E-state index contributed by atoms with van der Waals surface area (Å²) in [4.78, 5) is 36.5. The minimum Gasteiger partial charge on any atom is -0.353 e. The molecule has 5 heterocycles. The highest BCUT2D eigenvalue weighted by atomic mass is 16.2. The van der Waals surface area contributed by atoms with Crippen molar-refractivity contribution in [1.82, 2.24) is 25.4 Å². The van der Waals surface area contributed by atoms with Crippen LogP contribution in [0.5, 0.6) is 0 Å². The summed E-state index contributed by atoms with van der Waals surface area (Å²) >= 11 is 0. The summed E-state index contributed by atoms with van der Waals surface area (Å²) in [6, 6.07) is 6.23. The molecule has 0 radical (unpaired) electrons. The minimum atomic E-state index is -0.00976. The maximum atomic E-state index is 11.8. The Morgan fingerprint density at radius 1 is 0.929 bits per heavy atom. The van der Waals surface area contributed by atoms with E-state index in [2.05, 4.69) is 26.5 Å². The number of amides is 4. The number of nitriles is 1. The van der Waals surface area contributed by atoms with Gasteiger partial charge in [-0.15, -0.1) is 0 Å². The number of nitrogens with one attached hydrogen (secondary N) is 2. The molecule has 0 aliphatic carbocycles. The van der Waals surface area contributed by atoms with Crippen LogP contribution in [-0.4, -0.2) is 91.3 Å². The maximum absolute atomic E-state index is 11.8. The third-order valence-corrected chi connectivity index (χ3v) is 6.07. The Balaban J connectivity index is 1.38. The highest BCUT2D eigenvalue weighted by molar-refractivity contribution is 5.78. The van der Waals surface area contributed by atoms with Crippen LogP contribution < -0.4 is 20.4 Å². The van der Waals surface area contributed by atoms with Gasteiger partial charge >= 0.3 is 12.1 Å². The summed E-state index contributed by atoms with van der Waals surface area (Å²) < 4.78 is 0. The quantitative estimate of drug-likeness (QED) is 0.706. The molecule has 1 aromatic rings. The highest BCUT2D eigenvalue weighted by Crippen LogP contribution is 2.27. The molecule has 4 fully saturated rings. The average molecular weight is 382 g/mol. The van der Waals surface area contributed by atoms with Gasteiger partial charge in [-0.2, -0.15) is 5.26 Å². The number of aromatic nitrogens is 1. The monoisotopic (exact) mass is 382 g/mol. The zero-order chi connectivity index (χ0) is 19.3. The van der Waals surface area contributed by atoms with E-state index in [1.165, 1.54) is 0 Å². The predicted octanol–water partition coefficient (Wildman–Crippen LogP) is -0.619. The molecule has 10 nitrogen and oxygen atoms in total. The first-order valence-electron chi connectivity index (χ1n) is 9.64. The first-order valence-corrected chi connectivity index (χ1v) is 9.64. The Morgan fingerprint density at radius 3 is 2.18 bits per heavy atom. The summed E-state index contributed by atoms with van der Waals surface area (Å²) in [6.45, 7) is 5.35. The number of carbonyl (C=O) groups excluding carboxylic acids is 2. The van der Waals surface area contributed by atoms with Crippen LogP contribution in [0.3, 0.4) is 0 Å². The third-order valence-electron chi connectivity index (χ3n) is 6.07. The Bertz CT molecular complexity index is 868. The molecule has 5 rings (SSSR count). The van der Waals surface area contributed by atoms with Crippen molar-refractivity contribution in [3.05, 3.63) is 17.7 Å². The fraction of sp³-hybridized carbons (Fsp3) is 0.556. The smallest absolute Gasteiger partial charge is 0.317 e. The van der Waals surface area contributed by atoms with Crippen LogP contribution in [0.2, 0.25) is 0 Å². The van der Waals surface area contributed by atoms with Crippen molar-refractivity contribution in [3.8, 4) is 6.07 Å². The van der Waals surface area contributed by atoms with Gasteiger partial charge in [-0.1, -0.05) is 0 Å². The van der Waals surface area contributed by atoms with Crippen molar-refractivity contribution in [3.63, 3.8) is 0 Å². The molecule has 1 aromatic heterocycles. The SMILES string of the molecule is N#Cc1ccc(N2CCN3C(=O)NCC3C2)nc1N1CCN2C(=O)NCC2C1. The van der Waals surface area contributed by atoms with Gasteiger partial charge in [0, 0.05) is 52.4 Å². The fourth-order valence-electron chi connectivity index (χ4n) is 4.55. The van der Waals surface area contributed by atoms with Crippen LogP contribution in [0.1, 0.15) is 5.56 Å². The Hall–Kier alpha value is -3.22. The first-order chi connectivity index (χ1) is 13.6. The van der Waals surface area contributed by atoms with Gasteiger partial charge in [0.25, 0.3) is 0 Å². The zero-order valence-corrected chi connectivity index (χ0v) is 15.5.